The molecule has 0 spiro atoms. The van der Waals surface area contributed by atoms with E-state index < -0.39 is 0 Å². The summed E-state index contributed by atoms with van der Waals surface area (Å²) in [6, 6.07) is 0.629. The second-order valence-electron chi connectivity index (χ2n) is 5.98. The van der Waals surface area contributed by atoms with Gasteiger partial charge in [-0.25, -0.2) is 0 Å². The van der Waals surface area contributed by atoms with Gasteiger partial charge in [0.15, 0.2) is 0 Å². The average molecular weight is 198 g/mol. The van der Waals surface area contributed by atoms with Gasteiger partial charge in [-0.1, -0.05) is 20.8 Å². The van der Waals surface area contributed by atoms with Crippen LogP contribution in [-0.2, 0) is 0 Å². The van der Waals surface area contributed by atoms with Crippen molar-refractivity contribution >= 4 is 0 Å². The van der Waals surface area contributed by atoms with Crippen LogP contribution < -0.4 is 0 Å². The summed E-state index contributed by atoms with van der Waals surface area (Å²) in [5.74, 6) is 0. The lowest BCUT2D eigenvalue weighted by Crippen LogP contribution is -2.60. The molecular formula is C12H26N2. The summed E-state index contributed by atoms with van der Waals surface area (Å²) in [6.45, 7) is 16.4. The van der Waals surface area contributed by atoms with Crippen molar-refractivity contribution in [3.63, 3.8) is 0 Å². The topological polar surface area (TPSA) is 6.48 Å². The molecule has 1 unspecified atom stereocenters. The predicted octanol–water partition coefficient (Wildman–Crippen LogP) is 2.40. The molecule has 1 heterocycles. The highest BCUT2D eigenvalue weighted by Gasteiger charge is 2.50. The van der Waals surface area contributed by atoms with Gasteiger partial charge in [0.2, 0.25) is 0 Å². The van der Waals surface area contributed by atoms with Crippen LogP contribution in [0.2, 0.25) is 0 Å². The molecule has 84 valence electrons. The van der Waals surface area contributed by atoms with Crippen LogP contribution in [0, 0.1) is 5.41 Å². The number of rotatable bonds is 1. The molecule has 1 fully saturated rings. The lowest BCUT2D eigenvalue weighted by molar-refractivity contribution is -0.0626. The third-order valence-electron chi connectivity index (χ3n) is 4.02. The smallest absolute Gasteiger partial charge is 0.0759 e. The fourth-order valence-electron chi connectivity index (χ4n) is 2.68. The van der Waals surface area contributed by atoms with Crippen LogP contribution in [0.4, 0.5) is 0 Å². The van der Waals surface area contributed by atoms with Crippen LogP contribution in [0.5, 0.6) is 0 Å². The molecule has 1 aliphatic heterocycles. The molecule has 0 N–H and O–H groups in total. The van der Waals surface area contributed by atoms with E-state index in [0.717, 1.165) is 0 Å². The molecule has 0 aliphatic carbocycles. The molecule has 0 aromatic carbocycles. The Hall–Kier alpha value is -0.0800. The minimum Gasteiger partial charge on any atom is -0.287 e. The van der Waals surface area contributed by atoms with Gasteiger partial charge in [0.25, 0.3) is 0 Å². The third kappa shape index (κ3) is 1.59. The molecule has 2 heteroatoms. The Balaban J connectivity index is 3.02. The van der Waals surface area contributed by atoms with Crippen molar-refractivity contribution in [2.24, 2.45) is 5.41 Å². The minimum absolute atomic E-state index is 0.196. The Bertz CT molecular complexity index is 205. The van der Waals surface area contributed by atoms with Gasteiger partial charge in [0.1, 0.15) is 0 Å². The largest absolute Gasteiger partial charge is 0.287 e. The van der Waals surface area contributed by atoms with Gasteiger partial charge < -0.3 is 0 Å². The highest BCUT2D eigenvalue weighted by atomic mass is 15.5. The Morgan fingerprint density at radius 2 is 1.64 bits per heavy atom. The highest BCUT2D eigenvalue weighted by molar-refractivity contribution is 5.00. The summed E-state index contributed by atoms with van der Waals surface area (Å²) in [4.78, 5) is 5.11. The van der Waals surface area contributed by atoms with Crippen molar-refractivity contribution in [1.29, 1.82) is 0 Å². The van der Waals surface area contributed by atoms with E-state index in [2.05, 4.69) is 58.4 Å². The molecule has 0 aromatic rings. The van der Waals surface area contributed by atoms with Crippen molar-refractivity contribution in [3.05, 3.63) is 0 Å². The summed E-state index contributed by atoms with van der Waals surface area (Å²) < 4.78 is 0. The molecule has 14 heavy (non-hydrogen) atoms. The van der Waals surface area contributed by atoms with E-state index in [1.54, 1.807) is 0 Å². The first-order valence-electron chi connectivity index (χ1n) is 5.69. The fraction of sp³-hybridized carbons (Fsp3) is 1.00. The van der Waals surface area contributed by atoms with Crippen LogP contribution >= 0.6 is 0 Å². The molecule has 1 aliphatic rings. The van der Waals surface area contributed by atoms with Gasteiger partial charge in [-0.05, 0) is 33.2 Å². The number of hydrogen-bond donors (Lipinski definition) is 0. The van der Waals surface area contributed by atoms with E-state index >= 15 is 0 Å². The first-order valence-corrected chi connectivity index (χ1v) is 5.69. The maximum Gasteiger partial charge on any atom is 0.0759 e. The zero-order chi connectivity index (χ0) is 11.1. The van der Waals surface area contributed by atoms with Gasteiger partial charge in [0, 0.05) is 19.1 Å². The third-order valence-corrected chi connectivity index (χ3v) is 4.02. The first kappa shape index (κ1) is 12.0. The van der Waals surface area contributed by atoms with Crippen LogP contribution in [0.1, 0.15) is 41.5 Å². The molecule has 2 nitrogen and oxygen atoms in total. The molecule has 0 radical (unpaired) electrons. The van der Waals surface area contributed by atoms with Crippen molar-refractivity contribution in [3.8, 4) is 0 Å². The highest BCUT2D eigenvalue weighted by Crippen LogP contribution is 2.41. The molecule has 0 aromatic heterocycles. The number of hydrogen-bond acceptors (Lipinski definition) is 2. The lowest BCUT2D eigenvalue weighted by Gasteiger charge is -2.50. The molecular weight excluding hydrogens is 172 g/mol. The van der Waals surface area contributed by atoms with Crippen molar-refractivity contribution < 1.29 is 0 Å². The van der Waals surface area contributed by atoms with Crippen LogP contribution in [0.15, 0.2) is 0 Å². The van der Waals surface area contributed by atoms with E-state index in [-0.39, 0.29) is 5.66 Å². The fourth-order valence-corrected chi connectivity index (χ4v) is 2.68. The summed E-state index contributed by atoms with van der Waals surface area (Å²) in [6.07, 6.45) is 0. The van der Waals surface area contributed by atoms with E-state index in [4.69, 9.17) is 0 Å². The molecule has 0 amide bonds. The van der Waals surface area contributed by atoms with E-state index in [0.29, 0.717) is 11.5 Å². The van der Waals surface area contributed by atoms with Crippen LogP contribution in [-0.4, -0.2) is 41.6 Å². The lowest BCUT2D eigenvalue weighted by atomic mass is 9.80. The zero-order valence-corrected chi connectivity index (χ0v) is 10.9. The van der Waals surface area contributed by atoms with E-state index in [9.17, 15) is 0 Å². The maximum atomic E-state index is 2.62. The molecule has 1 rings (SSSR count). The molecule has 1 saturated heterocycles. The van der Waals surface area contributed by atoms with Crippen molar-refractivity contribution in [2.45, 2.75) is 53.2 Å². The molecule has 0 saturated carbocycles. The minimum atomic E-state index is 0.196. The summed E-state index contributed by atoms with van der Waals surface area (Å²) in [5, 5.41) is 0. The van der Waals surface area contributed by atoms with E-state index in [1.807, 2.05) is 0 Å². The summed E-state index contributed by atoms with van der Waals surface area (Å²) >= 11 is 0. The normalized spacial score (nSPS) is 31.7. The SMILES string of the molecule is CC(C)N1CCN(C)C1(C)C(C)(C)C. The summed E-state index contributed by atoms with van der Waals surface area (Å²) in [5.41, 5.74) is 0.490. The molecule has 0 bridgehead atoms. The average Bonchev–Trinajstić information content (AvgIpc) is 2.28. The van der Waals surface area contributed by atoms with Gasteiger partial charge in [-0.2, -0.15) is 0 Å². The van der Waals surface area contributed by atoms with Crippen LogP contribution in [0.3, 0.4) is 0 Å². The van der Waals surface area contributed by atoms with Gasteiger partial charge in [-0.15, -0.1) is 0 Å². The Morgan fingerprint density at radius 3 is 1.93 bits per heavy atom. The zero-order valence-electron chi connectivity index (χ0n) is 10.9. The second kappa shape index (κ2) is 3.49. The monoisotopic (exact) mass is 198 g/mol. The van der Waals surface area contributed by atoms with Gasteiger partial charge in [0.05, 0.1) is 5.66 Å². The Kier molecular flexibility index (Phi) is 2.99. The quantitative estimate of drug-likeness (QED) is 0.638. The Morgan fingerprint density at radius 1 is 1.14 bits per heavy atom. The van der Waals surface area contributed by atoms with Gasteiger partial charge in [-0.3, -0.25) is 9.80 Å². The maximum absolute atomic E-state index is 2.62. The van der Waals surface area contributed by atoms with Crippen molar-refractivity contribution in [2.75, 3.05) is 20.1 Å². The number of nitrogens with zero attached hydrogens (tertiary/aromatic N) is 2. The predicted molar refractivity (Wildman–Crippen MR) is 62.3 cm³/mol. The van der Waals surface area contributed by atoms with Crippen LogP contribution in [0.25, 0.3) is 0 Å². The van der Waals surface area contributed by atoms with E-state index in [1.165, 1.54) is 13.1 Å². The standard InChI is InChI=1S/C12H26N2/c1-10(2)14-9-8-13(7)12(14,6)11(3,4)5/h10H,8-9H2,1-7H3. The molecule has 1 atom stereocenters. The Labute approximate surface area is 89.3 Å². The van der Waals surface area contributed by atoms with Crippen molar-refractivity contribution in [1.82, 2.24) is 9.80 Å². The number of likely N-dealkylation sites (N-methyl/N-ethyl adjacent to an activating group) is 1. The second-order valence-corrected chi connectivity index (χ2v) is 5.98. The van der Waals surface area contributed by atoms with Gasteiger partial charge >= 0.3 is 0 Å². The first-order chi connectivity index (χ1) is 6.21. The summed E-state index contributed by atoms with van der Waals surface area (Å²) in [7, 11) is 2.24.